The molecule has 0 aliphatic rings. The van der Waals surface area contributed by atoms with E-state index in [1.807, 2.05) is 0 Å². The van der Waals surface area contributed by atoms with Crippen LogP contribution in [0, 0.1) is 5.82 Å². The van der Waals surface area contributed by atoms with Gasteiger partial charge < -0.3 is 10.2 Å². The SMILES string of the molecule is O=C(O)c1ccc(CC(SCCc2ccc(F)cc2)C(=O)O)cc1. The molecule has 0 bridgehead atoms. The molecular formula is C18H17FO4S. The summed E-state index contributed by atoms with van der Waals surface area (Å²) in [5.41, 5.74) is 1.91. The lowest BCUT2D eigenvalue weighted by Crippen LogP contribution is -2.20. The van der Waals surface area contributed by atoms with Gasteiger partial charge in [-0.05, 0) is 54.0 Å². The Morgan fingerprint density at radius 3 is 2.08 bits per heavy atom. The number of aliphatic carboxylic acids is 1. The van der Waals surface area contributed by atoms with Crippen molar-refractivity contribution in [3.05, 3.63) is 71.0 Å². The molecule has 2 rings (SSSR count). The van der Waals surface area contributed by atoms with Gasteiger partial charge in [0, 0.05) is 0 Å². The summed E-state index contributed by atoms with van der Waals surface area (Å²) in [5.74, 6) is -1.60. The van der Waals surface area contributed by atoms with Crippen molar-refractivity contribution in [3.63, 3.8) is 0 Å². The Bertz CT molecular complexity index is 698. The van der Waals surface area contributed by atoms with Gasteiger partial charge in [-0.2, -0.15) is 0 Å². The molecule has 6 heteroatoms. The number of hydrogen-bond acceptors (Lipinski definition) is 3. The molecule has 2 aromatic carbocycles. The van der Waals surface area contributed by atoms with Gasteiger partial charge >= 0.3 is 11.9 Å². The summed E-state index contributed by atoms with van der Waals surface area (Å²) in [6, 6.07) is 12.4. The fourth-order valence-electron chi connectivity index (χ4n) is 2.19. The van der Waals surface area contributed by atoms with Crippen molar-refractivity contribution in [1.82, 2.24) is 0 Å². The second-order valence-electron chi connectivity index (χ2n) is 5.28. The van der Waals surface area contributed by atoms with Crippen molar-refractivity contribution >= 4 is 23.7 Å². The van der Waals surface area contributed by atoms with Crippen molar-refractivity contribution in [2.24, 2.45) is 0 Å². The zero-order chi connectivity index (χ0) is 17.5. The maximum Gasteiger partial charge on any atom is 0.335 e. The van der Waals surface area contributed by atoms with E-state index in [0.29, 0.717) is 18.6 Å². The van der Waals surface area contributed by atoms with Gasteiger partial charge in [-0.1, -0.05) is 24.3 Å². The third-order valence-corrected chi connectivity index (χ3v) is 4.73. The Balaban J connectivity index is 1.90. The first-order valence-electron chi connectivity index (χ1n) is 7.37. The number of benzene rings is 2. The largest absolute Gasteiger partial charge is 0.480 e. The average molecular weight is 348 g/mol. The monoisotopic (exact) mass is 348 g/mol. The molecule has 0 saturated heterocycles. The van der Waals surface area contributed by atoms with E-state index in [-0.39, 0.29) is 11.4 Å². The van der Waals surface area contributed by atoms with Crippen LogP contribution in [0.25, 0.3) is 0 Å². The molecule has 0 heterocycles. The van der Waals surface area contributed by atoms with Crippen LogP contribution in [0.15, 0.2) is 48.5 Å². The van der Waals surface area contributed by atoms with E-state index in [2.05, 4.69) is 0 Å². The highest BCUT2D eigenvalue weighted by Gasteiger charge is 2.18. The Labute approximate surface area is 143 Å². The van der Waals surface area contributed by atoms with E-state index in [4.69, 9.17) is 5.11 Å². The van der Waals surface area contributed by atoms with Crippen molar-refractivity contribution in [3.8, 4) is 0 Å². The van der Waals surface area contributed by atoms with Gasteiger partial charge in [-0.15, -0.1) is 11.8 Å². The summed E-state index contributed by atoms with van der Waals surface area (Å²) in [6.45, 7) is 0. The number of thioether (sulfide) groups is 1. The average Bonchev–Trinajstić information content (AvgIpc) is 2.56. The summed E-state index contributed by atoms with van der Waals surface area (Å²) in [7, 11) is 0. The molecule has 0 aliphatic heterocycles. The van der Waals surface area contributed by atoms with Gasteiger partial charge in [0.2, 0.25) is 0 Å². The van der Waals surface area contributed by atoms with Gasteiger partial charge in [0.15, 0.2) is 0 Å². The van der Waals surface area contributed by atoms with Crippen LogP contribution in [-0.2, 0) is 17.6 Å². The fraction of sp³-hybridized carbons (Fsp3) is 0.222. The molecule has 0 aliphatic carbocycles. The second-order valence-corrected chi connectivity index (χ2v) is 6.59. The van der Waals surface area contributed by atoms with E-state index >= 15 is 0 Å². The minimum atomic E-state index is -1.01. The van der Waals surface area contributed by atoms with Crippen LogP contribution in [0.1, 0.15) is 21.5 Å². The smallest absolute Gasteiger partial charge is 0.335 e. The Morgan fingerprint density at radius 1 is 0.958 bits per heavy atom. The molecule has 1 atom stereocenters. The van der Waals surface area contributed by atoms with E-state index in [9.17, 15) is 19.1 Å². The van der Waals surface area contributed by atoms with Crippen LogP contribution in [-0.4, -0.2) is 33.2 Å². The van der Waals surface area contributed by atoms with Gasteiger partial charge in [0.1, 0.15) is 11.1 Å². The lowest BCUT2D eigenvalue weighted by molar-refractivity contribution is -0.136. The quantitative estimate of drug-likeness (QED) is 0.764. The fourth-order valence-corrected chi connectivity index (χ4v) is 3.28. The molecule has 4 nitrogen and oxygen atoms in total. The number of aromatic carboxylic acids is 1. The predicted octanol–water partition coefficient (Wildman–Crippen LogP) is 3.50. The predicted molar refractivity (Wildman–Crippen MR) is 91.1 cm³/mol. The van der Waals surface area contributed by atoms with E-state index < -0.39 is 17.2 Å². The lowest BCUT2D eigenvalue weighted by Gasteiger charge is -2.12. The minimum Gasteiger partial charge on any atom is -0.480 e. The number of halogens is 1. The first kappa shape index (κ1) is 18.0. The van der Waals surface area contributed by atoms with Crippen molar-refractivity contribution in [2.45, 2.75) is 18.1 Å². The van der Waals surface area contributed by atoms with Crippen LogP contribution < -0.4 is 0 Å². The maximum absolute atomic E-state index is 12.8. The second kappa shape index (κ2) is 8.49. The van der Waals surface area contributed by atoms with Crippen LogP contribution in [0.2, 0.25) is 0 Å². The molecule has 1 unspecified atom stereocenters. The van der Waals surface area contributed by atoms with Gasteiger partial charge in [0.25, 0.3) is 0 Å². The van der Waals surface area contributed by atoms with E-state index in [1.54, 1.807) is 24.3 Å². The maximum atomic E-state index is 12.8. The normalized spacial score (nSPS) is 11.9. The molecule has 2 aromatic rings. The van der Waals surface area contributed by atoms with Crippen LogP contribution in [0.5, 0.6) is 0 Å². The van der Waals surface area contributed by atoms with Crippen LogP contribution >= 0.6 is 11.8 Å². The summed E-state index contributed by atoms with van der Waals surface area (Å²) < 4.78 is 12.8. The topological polar surface area (TPSA) is 74.6 Å². The lowest BCUT2D eigenvalue weighted by atomic mass is 10.1. The standard InChI is InChI=1S/C18H17FO4S/c19-15-7-3-12(4-8-15)9-10-24-16(18(22)23)11-13-1-5-14(6-2-13)17(20)21/h1-8,16H,9-11H2,(H,20,21)(H,22,23). The summed E-state index contributed by atoms with van der Waals surface area (Å²) in [6.07, 6.45) is 0.982. The third-order valence-electron chi connectivity index (χ3n) is 3.52. The summed E-state index contributed by atoms with van der Waals surface area (Å²) in [4.78, 5) is 22.2. The van der Waals surface area contributed by atoms with Crippen molar-refractivity contribution in [1.29, 1.82) is 0 Å². The van der Waals surface area contributed by atoms with Crippen molar-refractivity contribution < 1.29 is 24.2 Å². The van der Waals surface area contributed by atoms with Gasteiger partial charge in [-0.25, -0.2) is 9.18 Å². The number of carbonyl (C=O) groups is 2. The number of rotatable bonds is 8. The molecule has 0 saturated carbocycles. The molecule has 0 radical (unpaired) electrons. The van der Waals surface area contributed by atoms with Crippen molar-refractivity contribution in [2.75, 3.05) is 5.75 Å². The zero-order valence-corrected chi connectivity index (χ0v) is 13.6. The minimum absolute atomic E-state index is 0.176. The Hall–Kier alpha value is -2.34. The molecule has 126 valence electrons. The first-order chi connectivity index (χ1) is 11.5. The Kier molecular flexibility index (Phi) is 6.37. The molecule has 0 spiro atoms. The third kappa shape index (κ3) is 5.38. The number of aryl methyl sites for hydroxylation is 1. The van der Waals surface area contributed by atoms with Gasteiger partial charge in [-0.3, -0.25) is 4.79 Å². The summed E-state index contributed by atoms with van der Waals surface area (Å²) >= 11 is 1.32. The van der Waals surface area contributed by atoms with Gasteiger partial charge in [0.05, 0.1) is 5.56 Å². The highest BCUT2D eigenvalue weighted by molar-refractivity contribution is 8.00. The number of carboxylic acid groups (broad SMARTS) is 2. The number of hydrogen-bond donors (Lipinski definition) is 2. The highest BCUT2D eigenvalue weighted by Crippen LogP contribution is 2.19. The molecular weight excluding hydrogens is 331 g/mol. The highest BCUT2D eigenvalue weighted by atomic mass is 32.2. The zero-order valence-electron chi connectivity index (χ0n) is 12.8. The summed E-state index contributed by atoms with van der Waals surface area (Å²) in [5, 5.41) is 17.6. The molecule has 0 fully saturated rings. The molecule has 0 amide bonds. The number of carboxylic acids is 2. The van der Waals surface area contributed by atoms with Crippen LogP contribution in [0.3, 0.4) is 0 Å². The first-order valence-corrected chi connectivity index (χ1v) is 8.41. The Morgan fingerprint density at radius 2 is 1.54 bits per heavy atom. The van der Waals surface area contributed by atoms with Crippen LogP contribution in [0.4, 0.5) is 4.39 Å². The molecule has 2 N–H and O–H groups in total. The van der Waals surface area contributed by atoms with E-state index in [0.717, 1.165) is 11.1 Å². The molecule has 24 heavy (non-hydrogen) atoms. The molecule has 0 aromatic heterocycles. The van der Waals surface area contributed by atoms with E-state index in [1.165, 1.54) is 36.0 Å².